The van der Waals surface area contributed by atoms with Crippen LogP contribution in [0, 0.1) is 5.41 Å². The van der Waals surface area contributed by atoms with Gasteiger partial charge in [-0.2, -0.15) is 0 Å². The van der Waals surface area contributed by atoms with Gasteiger partial charge in [0.1, 0.15) is 0 Å². The van der Waals surface area contributed by atoms with Gasteiger partial charge in [-0.05, 0) is 33.6 Å². The summed E-state index contributed by atoms with van der Waals surface area (Å²) in [5.41, 5.74) is -1.21. The molecule has 1 aromatic heterocycles. The number of rotatable bonds is 5. The molecular weight excluding hydrogens is 230 g/mol. The third-order valence-corrected chi connectivity index (χ3v) is 3.79. The Morgan fingerprint density at radius 2 is 2.28 bits per heavy atom. The van der Waals surface area contributed by atoms with Crippen molar-refractivity contribution in [3.05, 3.63) is 18.7 Å². The highest BCUT2D eigenvalue weighted by Gasteiger charge is 2.50. The number of nitrogens with one attached hydrogen (secondary N) is 1. The molecule has 1 saturated carbocycles. The lowest BCUT2D eigenvalue weighted by Crippen LogP contribution is -2.50. The minimum atomic E-state index is -0.902. The van der Waals surface area contributed by atoms with E-state index in [1.54, 1.807) is 26.4 Å². The molecular formula is C13H21N3O2. The normalized spacial score (nSPS) is 19.3. The van der Waals surface area contributed by atoms with E-state index in [2.05, 4.69) is 10.3 Å². The van der Waals surface area contributed by atoms with E-state index in [-0.39, 0.29) is 17.4 Å². The lowest BCUT2D eigenvalue weighted by Gasteiger charge is -2.28. The summed E-state index contributed by atoms with van der Waals surface area (Å²) in [6, 6.07) is -0.259. The predicted molar refractivity (Wildman–Crippen MR) is 67.8 cm³/mol. The summed E-state index contributed by atoms with van der Waals surface area (Å²) in [6.45, 7) is 5.89. The number of aromatic nitrogens is 2. The molecule has 0 spiro atoms. The van der Waals surface area contributed by atoms with Gasteiger partial charge < -0.3 is 15.0 Å². The van der Waals surface area contributed by atoms with Crippen LogP contribution in [-0.2, 0) is 11.3 Å². The minimum Gasteiger partial charge on any atom is -0.388 e. The Labute approximate surface area is 107 Å². The monoisotopic (exact) mass is 251 g/mol. The predicted octanol–water partition coefficient (Wildman–Crippen LogP) is 0.939. The summed E-state index contributed by atoms with van der Waals surface area (Å²) in [7, 11) is 0. The van der Waals surface area contributed by atoms with Gasteiger partial charge in [-0.15, -0.1) is 0 Å². The highest BCUT2D eigenvalue weighted by molar-refractivity contribution is 5.85. The van der Waals surface area contributed by atoms with E-state index in [1.165, 1.54) is 0 Å². The van der Waals surface area contributed by atoms with E-state index >= 15 is 0 Å². The average molecular weight is 251 g/mol. The molecule has 18 heavy (non-hydrogen) atoms. The van der Waals surface area contributed by atoms with E-state index < -0.39 is 5.60 Å². The highest BCUT2D eigenvalue weighted by atomic mass is 16.3. The Morgan fingerprint density at radius 3 is 2.72 bits per heavy atom. The van der Waals surface area contributed by atoms with Gasteiger partial charge in [0.25, 0.3) is 0 Å². The van der Waals surface area contributed by atoms with Crippen LogP contribution < -0.4 is 5.32 Å². The fourth-order valence-electron chi connectivity index (χ4n) is 1.86. The van der Waals surface area contributed by atoms with Gasteiger partial charge in [0.15, 0.2) is 0 Å². The van der Waals surface area contributed by atoms with Gasteiger partial charge >= 0.3 is 0 Å². The molecule has 1 aliphatic carbocycles. The van der Waals surface area contributed by atoms with E-state index in [4.69, 9.17) is 0 Å². The first-order valence-electron chi connectivity index (χ1n) is 6.33. The SMILES string of the molecule is CC(NC(=O)C1(Cn2ccnc2)CC1)C(C)(C)O. The summed E-state index contributed by atoms with van der Waals surface area (Å²) in [5, 5.41) is 12.8. The maximum absolute atomic E-state index is 12.3. The van der Waals surface area contributed by atoms with Gasteiger partial charge in [-0.3, -0.25) is 4.79 Å². The molecule has 0 bridgehead atoms. The molecule has 1 aliphatic rings. The maximum atomic E-state index is 12.3. The fourth-order valence-corrected chi connectivity index (χ4v) is 1.86. The Kier molecular flexibility index (Phi) is 3.19. The number of nitrogens with zero attached hydrogens (tertiary/aromatic N) is 2. The first-order chi connectivity index (χ1) is 8.33. The van der Waals surface area contributed by atoms with Gasteiger partial charge in [-0.25, -0.2) is 4.98 Å². The van der Waals surface area contributed by atoms with Crippen LogP contribution in [0.2, 0.25) is 0 Å². The Balaban J connectivity index is 1.97. The number of carbonyl (C=O) groups is 1. The zero-order chi connectivity index (χ0) is 13.4. The van der Waals surface area contributed by atoms with Crippen LogP contribution in [0.4, 0.5) is 0 Å². The molecule has 0 saturated heterocycles. The molecule has 0 aromatic carbocycles. The average Bonchev–Trinajstić information content (AvgIpc) is 2.85. The van der Waals surface area contributed by atoms with Gasteiger partial charge in [0.05, 0.1) is 23.4 Å². The minimum absolute atomic E-state index is 0.0332. The third-order valence-electron chi connectivity index (χ3n) is 3.79. The topological polar surface area (TPSA) is 67.2 Å². The van der Waals surface area contributed by atoms with Gasteiger partial charge in [-0.1, -0.05) is 0 Å². The molecule has 0 aliphatic heterocycles. The lowest BCUT2D eigenvalue weighted by molar-refractivity contribution is -0.129. The van der Waals surface area contributed by atoms with Crippen LogP contribution in [-0.4, -0.2) is 32.2 Å². The molecule has 1 amide bonds. The molecule has 1 aromatic rings. The molecule has 5 heteroatoms. The van der Waals surface area contributed by atoms with Crippen molar-refractivity contribution in [2.24, 2.45) is 5.41 Å². The standard InChI is InChI=1S/C13H21N3O2/c1-10(12(2,3)18)15-11(17)13(4-5-13)8-16-7-6-14-9-16/h6-7,9-10,18H,4-5,8H2,1-3H3,(H,15,17). The first kappa shape index (κ1) is 13.1. The van der Waals surface area contributed by atoms with Crippen molar-refractivity contribution in [3.63, 3.8) is 0 Å². The van der Waals surface area contributed by atoms with Crippen molar-refractivity contribution >= 4 is 5.91 Å². The van der Waals surface area contributed by atoms with E-state index in [1.807, 2.05) is 17.7 Å². The largest absolute Gasteiger partial charge is 0.388 e. The zero-order valence-electron chi connectivity index (χ0n) is 11.2. The summed E-state index contributed by atoms with van der Waals surface area (Å²) in [6.07, 6.45) is 7.11. The van der Waals surface area contributed by atoms with E-state index in [0.29, 0.717) is 6.54 Å². The Bertz CT molecular complexity index is 416. The molecule has 1 fully saturated rings. The zero-order valence-corrected chi connectivity index (χ0v) is 11.2. The fraction of sp³-hybridized carbons (Fsp3) is 0.692. The van der Waals surface area contributed by atoms with Crippen LogP contribution in [0.5, 0.6) is 0 Å². The van der Waals surface area contributed by atoms with Gasteiger partial charge in [0, 0.05) is 18.9 Å². The summed E-state index contributed by atoms with van der Waals surface area (Å²) >= 11 is 0. The second kappa shape index (κ2) is 4.39. The maximum Gasteiger partial charge on any atom is 0.228 e. The Morgan fingerprint density at radius 1 is 1.61 bits per heavy atom. The van der Waals surface area contributed by atoms with Crippen molar-refractivity contribution in [1.82, 2.24) is 14.9 Å². The molecule has 1 unspecified atom stereocenters. The van der Waals surface area contributed by atoms with Crippen LogP contribution in [0.1, 0.15) is 33.6 Å². The number of carbonyl (C=O) groups excluding carboxylic acids is 1. The molecule has 5 nitrogen and oxygen atoms in total. The number of imidazole rings is 1. The molecule has 100 valence electrons. The van der Waals surface area contributed by atoms with E-state index in [0.717, 1.165) is 12.8 Å². The first-order valence-corrected chi connectivity index (χ1v) is 6.33. The van der Waals surface area contributed by atoms with Crippen molar-refractivity contribution in [2.75, 3.05) is 0 Å². The molecule has 1 heterocycles. The molecule has 0 radical (unpaired) electrons. The van der Waals surface area contributed by atoms with Crippen molar-refractivity contribution in [3.8, 4) is 0 Å². The number of hydrogen-bond donors (Lipinski definition) is 2. The molecule has 2 N–H and O–H groups in total. The van der Waals surface area contributed by atoms with Crippen LogP contribution >= 0.6 is 0 Å². The van der Waals surface area contributed by atoms with E-state index in [9.17, 15) is 9.90 Å². The van der Waals surface area contributed by atoms with Crippen LogP contribution in [0.25, 0.3) is 0 Å². The second-order valence-electron chi connectivity index (χ2n) is 5.86. The van der Waals surface area contributed by atoms with Crippen molar-refractivity contribution < 1.29 is 9.90 Å². The number of aliphatic hydroxyl groups is 1. The van der Waals surface area contributed by atoms with Crippen molar-refractivity contribution in [2.45, 2.75) is 51.8 Å². The number of hydrogen-bond acceptors (Lipinski definition) is 3. The van der Waals surface area contributed by atoms with Crippen molar-refractivity contribution in [1.29, 1.82) is 0 Å². The van der Waals surface area contributed by atoms with Crippen LogP contribution in [0.15, 0.2) is 18.7 Å². The summed E-state index contributed by atoms with van der Waals surface area (Å²) in [5.74, 6) is 0.0332. The lowest BCUT2D eigenvalue weighted by atomic mass is 9.98. The third kappa shape index (κ3) is 2.72. The Hall–Kier alpha value is -1.36. The highest BCUT2D eigenvalue weighted by Crippen LogP contribution is 2.47. The summed E-state index contributed by atoms with van der Waals surface area (Å²) < 4.78 is 1.93. The smallest absolute Gasteiger partial charge is 0.228 e. The van der Waals surface area contributed by atoms with Crippen LogP contribution in [0.3, 0.4) is 0 Å². The molecule has 2 rings (SSSR count). The number of amides is 1. The second-order valence-corrected chi connectivity index (χ2v) is 5.86. The molecule has 1 atom stereocenters. The quantitative estimate of drug-likeness (QED) is 0.818. The van der Waals surface area contributed by atoms with Gasteiger partial charge in [0.2, 0.25) is 5.91 Å². The summed E-state index contributed by atoms with van der Waals surface area (Å²) in [4.78, 5) is 16.2.